The molecule has 6 heteroatoms. The molecular weight excluding hydrogens is 294 g/mol. The zero-order valence-corrected chi connectivity index (χ0v) is 12.9. The summed E-state index contributed by atoms with van der Waals surface area (Å²) in [6, 6.07) is 10.8. The van der Waals surface area contributed by atoms with Crippen LogP contribution in [0.4, 0.5) is 0 Å². The summed E-state index contributed by atoms with van der Waals surface area (Å²) in [4.78, 5) is 27.2. The van der Waals surface area contributed by atoms with E-state index in [9.17, 15) is 9.59 Å². The Morgan fingerprint density at radius 3 is 2.57 bits per heavy atom. The van der Waals surface area contributed by atoms with Crippen LogP contribution in [0.2, 0.25) is 0 Å². The summed E-state index contributed by atoms with van der Waals surface area (Å²) in [6.07, 6.45) is 5.07. The van der Waals surface area contributed by atoms with Crippen molar-refractivity contribution in [3.63, 3.8) is 0 Å². The molecule has 1 aromatic carbocycles. The molecule has 2 aromatic rings. The molecule has 0 saturated carbocycles. The van der Waals surface area contributed by atoms with Gasteiger partial charge in [-0.2, -0.15) is 0 Å². The molecule has 120 valence electrons. The lowest BCUT2D eigenvalue weighted by Gasteiger charge is -2.09. The van der Waals surface area contributed by atoms with E-state index in [0.29, 0.717) is 11.3 Å². The maximum atomic E-state index is 11.7. The molecule has 2 N–H and O–H groups in total. The third-order valence-corrected chi connectivity index (χ3v) is 3.07. The number of carbonyl (C=O) groups is 2. The van der Waals surface area contributed by atoms with Gasteiger partial charge in [-0.1, -0.05) is 25.5 Å². The van der Waals surface area contributed by atoms with E-state index in [-0.39, 0.29) is 6.61 Å². The molecule has 0 aliphatic heterocycles. The number of ether oxygens (including phenoxy) is 1. The van der Waals surface area contributed by atoms with Crippen molar-refractivity contribution in [3.8, 4) is 5.75 Å². The zero-order valence-electron chi connectivity index (χ0n) is 12.9. The van der Waals surface area contributed by atoms with Crippen LogP contribution in [0.15, 0.2) is 48.8 Å². The van der Waals surface area contributed by atoms with Gasteiger partial charge in [0.2, 0.25) is 0 Å². The molecule has 0 aliphatic carbocycles. The molecule has 1 aromatic heterocycles. The van der Waals surface area contributed by atoms with E-state index in [2.05, 4.69) is 22.8 Å². The molecule has 1 heterocycles. The van der Waals surface area contributed by atoms with Gasteiger partial charge in [0.05, 0.1) is 5.56 Å². The highest BCUT2D eigenvalue weighted by Gasteiger charge is 2.07. The van der Waals surface area contributed by atoms with E-state index in [4.69, 9.17) is 4.74 Å². The lowest BCUT2D eigenvalue weighted by atomic mass is 10.1. The third-order valence-electron chi connectivity index (χ3n) is 3.07. The summed E-state index contributed by atoms with van der Waals surface area (Å²) in [5.74, 6) is -0.270. The predicted octanol–water partition coefficient (Wildman–Crippen LogP) is 1.87. The average molecular weight is 313 g/mol. The van der Waals surface area contributed by atoms with Gasteiger partial charge in [-0.05, 0) is 36.2 Å². The van der Waals surface area contributed by atoms with Gasteiger partial charge in [-0.15, -0.1) is 0 Å². The number of hydrogen-bond acceptors (Lipinski definition) is 4. The van der Waals surface area contributed by atoms with E-state index < -0.39 is 11.8 Å². The number of nitrogens with one attached hydrogen (secondary N) is 2. The Balaban J connectivity index is 1.73. The highest BCUT2D eigenvalue weighted by atomic mass is 16.5. The highest BCUT2D eigenvalue weighted by Crippen LogP contribution is 2.13. The number of hydrogen-bond donors (Lipinski definition) is 2. The number of carbonyl (C=O) groups excluding carboxylic acids is 2. The Hall–Kier alpha value is -2.89. The molecule has 0 unspecified atom stereocenters. The van der Waals surface area contributed by atoms with Gasteiger partial charge in [0.15, 0.2) is 6.61 Å². The topological polar surface area (TPSA) is 80.3 Å². The lowest BCUT2D eigenvalue weighted by Crippen LogP contribution is -2.43. The van der Waals surface area contributed by atoms with Crippen molar-refractivity contribution in [3.05, 3.63) is 59.9 Å². The molecule has 0 spiro atoms. The highest BCUT2D eigenvalue weighted by molar-refractivity contribution is 5.95. The van der Waals surface area contributed by atoms with Crippen molar-refractivity contribution in [2.45, 2.75) is 19.8 Å². The number of amides is 2. The first-order valence-electron chi connectivity index (χ1n) is 7.40. The number of nitrogens with zero attached hydrogens (tertiary/aromatic N) is 1. The number of aryl methyl sites for hydroxylation is 1. The molecule has 0 radical (unpaired) electrons. The zero-order chi connectivity index (χ0) is 16.5. The fourth-order valence-corrected chi connectivity index (χ4v) is 1.92. The molecule has 0 atom stereocenters. The second-order valence-corrected chi connectivity index (χ2v) is 4.93. The van der Waals surface area contributed by atoms with Crippen LogP contribution in [0.1, 0.15) is 29.3 Å². The SMILES string of the molecule is CCCc1ccc(OCC(=O)NNC(=O)c2cccnc2)cc1. The Labute approximate surface area is 134 Å². The second kappa shape index (κ2) is 8.53. The molecule has 2 amide bonds. The maximum absolute atomic E-state index is 11.7. The van der Waals surface area contributed by atoms with Gasteiger partial charge in [-0.3, -0.25) is 25.4 Å². The first kappa shape index (κ1) is 16.5. The largest absolute Gasteiger partial charge is 0.484 e. The first-order chi connectivity index (χ1) is 11.2. The van der Waals surface area contributed by atoms with Gasteiger partial charge >= 0.3 is 0 Å². The molecule has 0 fully saturated rings. The predicted molar refractivity (Wildman–Crippen MR) is 85.8 cm³/mol. The van der Waals surface area contributed by atoms with E-state index in [0.717, 1.165) is 12.8 Å². The number of hydrazine groups is 1. The molecule has 0 saturated heterocycles. The minimum Gasteiger partial charge on any atom is -0.484 e. The number of pyridine rings is 1. The van der Waals surface area contributed by atoms with Gasteiger partial charge in [0, 0.05) is 12.4 Å². The number of benzene rings is 1. The quantitative estimate of drug-likeness (QED) is 0.798. The van der Waals surface area contributed by atoms with Gasteiger partial charge in [0.1, 0.15) is 5.75 Å². The Morgan fingerprint density at radius 2 is 1.91 bits per heavy atom. The van der Waals surface area contributed by atoms with Crippen LogP contribution in [-0.4, -0.2) is 23.4 Å². The summed E-state index contributed by atoms with van der Waals surface area (Å²) in [5, 5.41) is 0. The first-order valence-corrected chi connectivity index (χ1v) is 7.40. The summed E-state index contributed by atoms with van der Waals surface area (Å²) in [5.41, 5.74) is 6.18. The van der Waals surface area contributed by atoms with Crippen molar-refractivity contribution in [2.75, 3.05) is 6.61 Å². The lowest BCUT2D eigenvalue weighted by molar-refractivity contribution is -0.123. The van der Waals surface area contributed by atoms with E-state index in [1.807, 2.05) is 24.3 Å². The van der Waals surface area contributed by atoms with Crippen molar-refractivity contribution in [1.82, 2.24) is 15.8 Å². The molecule has 6 nitrogen and oxygen atoms in total. The van der Waals surface area contributed by atoms with Crippen molar-refractivity contribution < 1.29 is 14.3 Å². The molecule has 2 rings (SSSR count). The summed E-state index contributed by atoms with van der Waals surface area (Å²) in [6.45, 7) is 1.94. The van der Waals surface area contributed by atoms with Crippen LogP contribution in [0, 0.1) is 0 Å². The Morgan fingerprint density at radius 1 is 1.13 bits per heavy atom. The van der Waals surface area contributed by atoms with Crippen molar-refractivity contribution in [1.29, 1.82) is 0 Å². The monoisotopic (exact) mass is 313 g/mol. The number of aromatic nitrogens is 1. The standard InChI is InChI=1S/C17H19N3O3/c1-2-4-13-6-8-15(9-7-13)23-12-16(21)19-20-17(22)14-5-3-10-18-11-14/h3,5-11H,2,4,12H2,1H3,(H,19,21)(H,20,22). The fourth-order valence-electron chi connectivity index (χ4n) is 1.92. The minimum atomic E-state index is -0.445. The minimum absolute atomic E-state index is 0.180. The molecule has 0 bridgehead atoms. The molecule has 0 aliphatic rings. The van der Waals surface area contributed by atoms with Crippen LogP contribution in [-0.2, 0) is 11.2 Å². The van der Waals surface area contributed by atoms with E-state index >= 15 is 0 Å². The van der Waals surface area contributed by atoms with Crippen LogP contribution >= 0.6 is 0 Å². The van der Waals surface area contributed by atoms with Gasteiger partial charge in [-0.25, -0.2) is 0 Å². The Bertz CT molecular complexity index is 642. The van der Waals surface area contributed by atoms with E-state index in [1.54, 1.807) is 18.3 Å². The third kappa shape index (κ3) is 5.43. The molecule has 23 heavy (non-hydrogen) atoms. The smallest absolute Gasteiger partial charge is 0.276 e. The van der Waals surface area contributed by atoms with Crippen LogP contribution in [0.3, 0.4) is 0 Å². The molecular formula is C17H19N3O3. The van der Waals surface area contributed by atoms with Crippen molar-refractivity contribution in [2.24, 2.45) is 0 Å². The second-order valence-electron chi connectivity index (χ2n) is 4.93. The van der Waals surface area contributed by atoms with Crippen molar-refractivity contribution >= 4 is 11.8 Å². The van der Waals surface area contributed by atoms with Gasteiger partial charge in [0.25, 0.3) is 11.8 Å². The summed E-state index contributed by atoms with van der Waals surface area (Å²) in [7, 11) is 0. The van der Waals surface area contributed by atoms with Crippen LogP contribution in [0.25, 0.3) is 0 Å². The van der Waals surface area contributed by atoms with Gasteiger partial charge < -0.3 is 4.74 Å². The van der Waals surface area contributed by atoms with E-state index in [1.165, 1.54) is 11.8 Å². The summed E-state index contributed by atoms with van der Waals surface area (Å²) >= 11 is 0. The summed E-state index contributed by atoms with van der Waals surface area (Å²) < 4.78 is 5.36. The fraction of sp³-hybridized carbons (Fsp3) is 0.235. The normalized spacial score (nSPS) is 9.96. The van der Waals surface area contributed by atoms with Crippen LogP contribution in [0.5, 0.6) is 5.75 Å². The van der Waals surface area contributed by atoms with Crippen LogP contribution < -0.4 is 15.6 Å². The maximum Gasteiger partial charge on any atom is 0.276 e. The average Bonchev–Trinajstić information content (AvgIpc) is 2.60. The number of rotatable bonds is 6. The Kier molecular flexibility index (Phi) is 6.11.